The molecule has 1 aromatic heterocycles. The van der Waals surface area contributed by atoms with Gasteiger partial charge in [-0.1, -0.05) is 6.58 Å². The number of alkyl halides is 3. The maximum absolute atomic E-state index is 12.8. The van der Waals surface area contributed by atoms with Crippen molar-refractivity contribution < 1.29 is 22.4 Å². The maximum atomic E-state index is 12.8. The molecule has 26 heavy (non-hydrogen) atoms. The highest BCUT2D eigenvalue weighted by molar-refractivity contribution is 5.90. The molecule has 0 saturated heterocycles. The van der Waals surface area contributed by atoms with Crippen LogP contribution < -0.4 is 10.2 Å². The van der Waals surface area contributed by atoms with Crippen molar-refractivity contribution in [1.29, 1.82) is 0 Å². The summed E-state index contributed by atoms with van der Waals surface area (Å²) in [6.07, 6.45) is -2.80. The van der Waals surface area contributed by atoms with E-state index in [1.54, 1.807) is 16.9 Å². The van der Waals surface area contributed by atoms with Gasteiger partial charge in [0.2, 0.25) is 0 Å². The molecule has 0 saturated carbocycles. The highest BCUT2D eigenvalue weighted by Gasteiger charge is 2.31. The van der Waals surface area contributed by atoms with E-state index in [9.17, 15) is 22.4 Å². The molecule has 1 unspecified atom stereocenters. The highest BCUT2D eigenvalue weighted by atomic mass is 19.4. The zero-order valence-corrected chi connectivity index (χ0v) is 13.6. The number of nitrogens with one attached hydrogen (secondary N) is 1. The minimum absolute atomic E-state index is 0.104. The molecule has 0 fully saturated rings. The van der Waals surface area contributed by atoms with Gasteiger partial charge < -0.3 is 10.2 Å². The van der Waals surface area contributed by atoms with E-state index in [1.807, 2.05) is 4.90 Å². The predicted octanol–water partition coefficient (Wildman–Crippen LogP) is 3.27. The fourth-order valence-corrected chi connectivity index (χ4v) is 2.88. The summed E-state index contributed by atoms with van der Waals surface area (Å²) in [5.74, 6) is -1.31. The summed E-state index contributed by atoms with van der Waals surface area (Å²) in [5, 5.41) is 6.64. The van der Waals surface area contributed by atoms with Gasteiger partial charge >= 0.3 is 6.18 Å². The number of rotatable bonds is 4. The van der Waals surface area contributed by atoms with Crippen LogP contribution in [-0.4, -0.2) is 28.8 Å². The van der Waals surface area contributed by atoms with Gasteiger partial charge in [-0.15, -0.1) is 0 Å². The second-order valence-electron chi connectivity index (χ2n) is 6.01. The van der Waals surface area contributed by atoms with E-state index < -0.39 is 23.5 Å². The van der Waals surface area contributed by atoms with E-state index in [1.165, 1.54) is 12.1 Å². The number of hydrogen-bond donors (Lipinski definition) is 1. The smallest absolute Gasteiger partial charge is 0.350 e. The molecule has 1 aliphatic rings. The third-order valence-corrected chi connectivity index (χ3v) is 4.15. The Morgan fingerprint density at radius 1 is 1.23 bits per heavy atom. The lowest BCUT2D eigenvalue weighted by molar-refractivity contribution is -0.137. The summed E-state index contributed by atoms with van der Waals surface area (Å²) in [4.78, 5) is 13.2. The van der Waals surface area contributed by atoms with Crippen LogP contribution in [0.25, 0.3) is 0 Å². The molecule has 0 aliphatic carbocycles. The standard InChI is InChI=1S/C17H16F4N4O/c1-11(18)16(26)22-8-12-9-24(15-6-7-23-25(15)10-12)14-4-2-13(3-5-14)17(19,20)21/h2-7,12H,1,8-10H2,(H,22,26). The van der Waals surface area contributed by atoms with Crippen LogP contribution in [-0.2, 0) is 17.5 Å². The lowest BCUT2D eigenvalue weighted by Gasteiger charge is -2.35. The quantitative estimate of drug-likeness (QED) is 0.666. The predicted molar refractivity (Wildman–Crippen MR) is 87.4 cm³/mol. The number of amides is 1. The normalized spacial score (nSPS) is 16.9. The summed E-state index contributed by atoms with van der Waals surface area (Å²) in [5.41, 5.74) is -0.150. The van der Waals surface area contributed by atoms with E-state index >= 15 is 0 Å². The second-order valence-corrected chi connectivity index (χ2v) is 6.01. The molecule has 1 aliphatic heterocycles. The van der Waals surface area contributed by atoms with Gasteiger partial charge in [0.15, 0.2) is 5.83 Å². The molecule has 1 amide bonds. The van der Waals surface area contributed by atoms with Crippen LogP contribution in [0.15, 0.2) is 48.9 Å². The van der Waals surface area contributed by atoms with Gasteiger partial charge in [-0.3, -0.25) is 4.79 Å². The van der Waals surface area contributed by atoms with Gasteiger partial charge in [-0.2, -0.15) is 18.3 Å². The van der Waals surface area contributed by atoms with Gasteiger partial charge in [0.25, 0.3) is 5.91 Å². The highest BCUT2D eigenvalue weighted by Crippen LogP contribution is 2.34. The van der Waals surface area contributed by atoms with Crippen LogP contribution in [0.1, 0.15) is 5.56 Å². The zero-order chi connectivity index (χ0) is 18.9. The molecule has 0 spiro atoms. The first-order valence-electron chi connectivity index (χ1n) is 7.85. The average molecular weight is 368 g/mol. The SMILES string of the molecule is C=C(F)C(=O)NCC1CN(c2ccc(C(F)(F)F)cc2)c2ccnn2C1. The number of anilines is 2. The van der Waals surface area contributed by atoms with Crippen molar-refractivity contribution in [3.63, 3.8) is 0 Å². The van der Waals surface area contributed by atoms with Crippen LogP contribution in [0.5, 0.6) is 0 Å². The molecule has 1 N–H and O–H groups in total. The number of nitrogens with zero attached hydrogens (tertiary/aromatic N) is 3. The summed E-state index contributed by atoms with van der Waals surface area (Å²) >= 11 is 0. The number of carbonyl (C=O) groups is 1. The molecule has 138 valence electrons. The zero-order valence-electron chi connectivity index (χ0n) is 13.6. The molecule has 1 atom stereocenters. The van der Waals surface area contributed by atoms with Crippen molar-refractivity contribution in [3.8, 4) is 0 Å². The number of fused-ring (bicyclic) bond motifs is 1. The van der Waals surface area contributed by atoms with E-state index in [2.05, 4.69) is 17.0 Å². The topological polar surface area (TPSA) is 50.2 Å². The summed E-state index contributed by atoms with van der Waals surface area (Å²) < 4.78 is 52.7. The van der Waals surface area contributed by atoms with Crippen molar-refractivity contribution in [2.75, 3.05) is 18.0 Å². The summed E-state index contributed by atoms with van der Waals surface area (Å²) in [7, 11) is 0. The Balaban J connectivity index is 1.80. The van der Waals surface area contributed by atoms with E-state index in [4.69, 9.17) is 0 Å². The number of carbonyl (C=O) groups excluding carboxylic acids is 1. The number of halogens is 4. The Hall–Kier alpha value is -2.84. The average Bonchev–Trinajstić information content (AvgIpc) is 3.06. The van der Waals surface area contributed by atoms with Crippen LogP contribution in [0.2, 0.25) is 0 Å². The van der Waals surface area contributed by atoms with Gasteiger partial charge in [0, 0.05) is 37.3 Å². The molecule has 1 aromatic carbocycles. The Bertz CT molecular complexity index is 813. The van der Waals surface area contributed by atoms with Crippen LogP contribution >= 0.6 is 0 Å². The fourth-order valence-electron chi connectivity index (χ4n) is 2.88. The molecule has 0 bridgehead atoms. The Morgan fingerprint density at radius 2 is 1.92 bits per heavy atom. The van der Waals surface area contributed by atoms with Crippen LogP contribution in [0.3, 0.4) is 0 Å². The lowest BCUT2D eigenvalue weighted by atomic mass is 10.1. The Labute approximate surface area is 146 Å². The van der Waals surface area contributed by atoms with Crippen LogP contribution in [0.4, 0.5) is 29.1 Å². The van der Waals surface area contributed by atoms with Crippen molar-refractivity contribution in [2.24, 2.45) is 5.92 Å². The van der Waals surface area contributed by atoms with Crippen molar-refractivity contribution in [1.82, 2.24) is 15.1 Å². The molecule has 9 heteroatoms. The minimum atomic E-state index is -4.40. The van der Waals surface area contributed by atoms with Gasteiger partial charge in [-0.05, 0) is 24.3 Å². The lowest BCUT2D eigenvalue weighted by Crippen LogP contribution is -2.41. The Kier molecular flexibility index (Phi) is 4.71. The minimum Gasteiger partial charge on any atom is -0.350 e. The van der Waals surface area contributed by atoms with Gasteiger partial charge in [0.1, 0.15) is 5.82 Å². The molecular formula is C17H16F4N4O. The maximum Gasteiger partial charge on any atom is 0.416 e. The first-order chi connectivity index (χ1) is 12.3. The monoisotopic (exact) mass is 368 g/mol. The number of benzene rings is 1. The molecule has 3 rings (SSSR count). The van der Waals surface area contributed by atoms with E-state index in [-0.39, 0.29) is 12.5 Å². The fraction of sp³-hybridized carbons (Fsp3) is 0.294. The van der Waals surface area contributed by atoms with Crippen LogP contribution in [0, 0.1) is 5.92 Å². The molecule has 2 heterocycles. The van der Waals surface area contributed by atoms with E-state index in [0.29, 0.717) is 18.8 Å². The summed E-state index contributed by atoms with van der Waals surface area (Å²) in [6, 6.07) is 6.59. The van der Waals surface area contributed by atoms with Crippen molar-refractivity contribution >= 4 is 17.4 Å². The van der Waals surface area contributed by atoms with Crippen molar-refractivity contribution in [2.45, 2.75) is 12.7 Å². The second kappa shape index (κ2) is 6.81. The van der Waals surface area contributed by atoms with Crippen molar-refractivity contribution in [3.05, 3.63) is 54.5 Å². The van der Waals surface area contributed by atoms with Gasteiger partial charge in [0.05, 0.1) is 11.8 Å². The number of hydrogen-bond acceptors (Lipinski definition) is 3. The largest absolute Gasteiger partial charge is 0.416 e. The van der Waals surface area contributed by atoms with Gasteiger partial charge in [-0.25, -0.2) is 9.07 Å². The van der Waals surface area contributed by atoms with E-state index in [0.717, 1.165) is 18.0 Å². The molecule has 0 radical (unpaired) electrons. The Morgan fingerprint density at radius 3 is 2.54 bits per heavy atom. The summed E-state index contributed by atoms with van der Waals surface area (Å²) in [6.45, 7) is 4.07. The first-order valence-corrected chi connectivity index (χ1v) is 7.85. The number of aromatic nitrogens is 2. The third kappa shape index (κ3) is 3.71. The molecular weight excluding hydrogens is 352 g/mol. The first kappa shape index (κ1) is 18.0. The third-order valence-electron chi connectivity index (χ3n) is 4.15. The molecule has 5 nitrogen and oxygen atoms in total. The molecule has 2 aromatic rings.